The normalized spacial score (nSPS) is 10.4. The first-order valence-electron chi connectivity index (χ1n) is 5.57. The molecule has 0 aromatic heterocycles. The Morgan fingerprint density at radius 2 is 2.12 bits per heavy atom. The monoisotopic (exact) mass is 237 g/mol. The smallest absolute Gasteiger partial charge is 0.227 e. The number of rotatable bonds is 4. The number of aromatic hydroxyl groups is 1. The third-order valence-electron chi connectivity index (χ3n) is 2.77. The number of carbonyl (C=O) groups excluding carboxylic acids is 1. The third-order valence-corrected chi connectivity index (χ3v) is 2.77. The number of carbonyl (C=O) groups is 1. The van der Waals surface area contributed by atoms with Gasteiger partial charge in [-0.25, -0.2) is 0 Å². The molecule has 1 aromatic carbocycles. The fraction of sp³-hybridized carbons (Fsp3) is 0.462. The van der Waals surface area contributed by atoms with Crippen molar-refractivity contribution in [1.82, 2.24) is 4.90 Å². The van der Waals surface area contributed by atoms with Gasteiger partial charge in [0.1, 0.15) is 11.5 Å². The average molecular weight is 237 g/mol. The van der Waals surface area contributed by atoms with Gasteiger partial charge >= 0.3 is 0 Å². The molecule has 1 N–H and O–H groups in total. The van der Waals surface area contributed by atoms with Crippen molar-refractivity contribution in [3.8, 4) is 11.5 Å². The lowest BCUT2D eigenvalue weighted by atomic mass is 10.1. The van der Waals surface area contributed by atoms with Crippen molar-refractivity contribution in [1.29, 1.82) is 0 Å². The van der Waals surface area contributed by atoms with Crippen LogP contribution in [0.1, 0.15) is 19.4 Å². The second kappa shape index (κ2) is 5.57. The molecular weight excluding hydrogens is 218 g/mol. The van der Waals surface area contributed by atoms with Crippen molar-refractivity contribution < 1.29 is 14.6 Å². The van der Waals surface area contributed by atoms with Gasteiger partial charge in [-0.05, 0) is 32.0 Å². The van der Waals surface area contributed by atoms with E-state index in [-0.39, 0.29) is 24.1 Å². The predicted octanol–water partition coefficient (Wildman–Crippen LogP) is 1.81. The van der Waals surface area contributed by atoms with Gasteiger partial charge in [0.2, 0.25) is 5.91 Å². The van der Waals surface area contributed by atoms with Crippen LogP contribution in [0.3, 0.4) is 0 Å². The van der Waals surface area contributed by atoms with E-state index in [1.807, 2.05) is 13.8 Å². The molecule has 0 aliphatic heterocycles. The summed E-state index contributed by atoms with van der Waals surface area (Å²) < 4.78 is 5.16. The fourth-order valence-corrected chi connectivity index (χ4v) is 1.48. The molecule has 0 saturated carbocycles. The Balaban J connectivity index is 2.87. The maximum absolute atomic E-state index is 11.9. The molecule has 17 heavy (non-hydrogen) atoms. The third kappa shape index (κ3) is 3.37. The largest absolute Gasteiger partial charge is 0.508 e. The first-order valence-corrected chi connectivity index (χ1v) is 5.57. The van der Waals surface area contributed by atoms with E-state index in [4.69, 9.17) is 4.74 Å². The number of hydrogen-bond donors (Lipinski definition) is 1. The Hall–Kier alpha value is -1.71. The highest BCUT2D eigenvalue weighted by atomic mass is 16.5. The molecule has 0 bridgehead atoms. The van der Waals surface area contributed by atoms with Crippen LogP contribution < -0.4 is 4.74 Å². The zero-order valence-corrected chi connectivity index (χ0v) is 10.7. The number of hydrogen-bond acceptors (Lipinski definition) is 3. The maximum Gasteiger partial charge on any atom is 0.227 e. The number of phenols is 1. The van der Waals surface area contributed by atoms with Crippen molar-refractivity contribution in [2.24, 2.45) is 0 Å². The zero-order valence-electron chi connectivity index (χ0n) is 10.7. The quantitative estimate of drug-likeness (QED) is 0.868. The highest BCUT2D eigenvalue weighted by Gasteiger charge is 2.15. The Bertz CT molecular complexity index is 402. The molecule has 4 heteroatoms. The van der Waals surface area contributed by atoms with E-state index in [9.17, 15) is 9.90 Å². The number of amides is 1. The molecule has 0 spiro atoms. The van der Waals surface area contributed by atoms with Crippen LogP contribution in [0.5, 0.6) is 11.5 Å². The van der Waals surface area contributed by atoms with Crippen LogP contribution in [0.2, 0.25) is 0 Å². The summed E-state index contributed by atoms with van der Waals surface area (Å²) in [5.74, 6) is 0.762. The molecule has 4 nitrogen and oxygen atoms in total. The van der Waals surface area contributed by atoms with E-state index in [1.54, 1.807) is 37.3 Å². The predicted molar refractivity (Wildman–Crippen MR) is 66.3 cm³/mol. The number of benzene rings is 1. The summed E-state index contributed by atoms with van der Waals surface area (Å²) in [7, 11) is 3.31. The van der Waals surface area contributed by atoms with Gasteiger partial charge in [-0.15, -0.1) is 0 Å². The summed E-state index contributed by atoms with van der Waals surface area (Å²) in [6.07, 6.45) is 0.228. The van der Waals surface area contributed by atoms with E-state index in [2.05, 4.69) is 0 Å². The second-order valence-electron chi connectivity index (χ2n) is 4.27. The first kappa shape index (κ1) is 13.4. The van der Waals surface area contributed by atoms with Crippen molar-refractivity contribution in [2.45, 2.75) is 26.3 Å². The summed E-state index contributed by atoms with van der Waals surface area (Å²) in [5, 5.41) is 9.41. The Morgan fingerprint density at radius 1 is 1.47 bits per heavy atom. The highest BCUT2D eigenvalue weighted by Crippen LogP contribution is 2.24. The number of ether oxygens (including phenoxy) is 1. The summed E-state index contributed by atoms with van der Waals surface area (Å²) in [6.45, 7) is 3.91. The minimum atomic E-state index is 0.00361. The van der Waals surface area contributed by atoms with Gasteiger partial charge in [0.05, 0.1) is 13.5 Å². The van der Waals surface area contributed by atoms with Gasteiger partial charge in [0.25, 0.3) is 0 Å². The molecule has 94 valence electrons. The van der Waals surface area contributed by atoms with E-state index >= 15 is 0 Å². The van der Waals surface area contributed by atoms with Crippen LogP contribution in [0, 0.1) is 0 Å². The maximum atomic E-state index is 11.9. The Kier molecular flexibility index (Phi) is 4.37. The highest BCUT2D eigenvalue weighted by molar-refractivity contribution is 5.79. The summed E-state index contributed by atoms with van der Waals surface area (Å²) in [5.41, 5.74) is 0.699. The molecule has 0 radical (unpaired) electrons. The number of nitrogens with zero attached hydrogens (tertiary/aromatic N) is 1. The van der Waals surface area contributed by atoms with Gasteiger partial charge in [-0.2, -0.15) is 0 Å². The van der Waals surface area contributed by atoms with Gasteiger partial charge in [-0.1, -0.05) is 0 Å². The topological polar surface area (TPSA) is 49.8 Å². The molecule has 0 fully saturated rings. The van der Waals surface area contributed by atoms with Crippen molar-refractivity contribution in [2.75, 3.05) is 14.2 Å². The first-order chi connectivity index (χ1) is 7.95. The fourth-order valence-electron chi connectivity index (χ4n) is 1.48. The second-order valence-corrected chi connectivity index (χ2v) is 4.27. The van der Waals surface area contributed by atoms with Gasteiger partial charge in [0, 0.05) is 18.7 Å². The summed E-state index contributed by atoms with van der Waals surface area (Å²) >= 11 is 0. The molecule has 0 heterocycles. The number of methoxy groups -OCH3 is 1. The molecule has 0 aliphatic carbocycles. The van der Waals surface area contributed by atoms with Crippen LogP contribution in [-0.4, -0.2) is 36.1 Å². The molecule has 0 aliphatic rings. The molecule has 1 aromatic rings. The lowest BCUT2D eigenvalue weighted by Gasteiger charge is -2.22. The van der Waals surface area contributed by atoms with Crippen LogP contribution in [-0.2, 0) is 11.2 Å². The zero-order chi connectivity index (χ0) is 13.0. The molecule has 0 atom stereocenters. The molecule has 1 rings (SSSR count). The molecular formula is C13H19NO3. The molecule has 1 amide bonds. The van der Waals surface area contributed by atoms with Crippen molar-refractivity contribution in [3.05, 3.63) is 23.8 Å². The van der Waals surface area contributed by atoms with Crippen LogP contribution in [0.15, 0.2) is 18.2 Å². The standard InChI is InChI=1S/C13H19NO3/c1-9(2)14(3)13(16)8-10-7-11(15)5-6-12(10)17-4/h5-7,9,15H,8H2,1-4H3. The number of likely N-dealkylation sites (N-methyl/N-ethyl adjacent to an activating group) is 1. The molecule has 0 saturated heterocycles. The summed E-state index contributed by atoms with van der Waals surface area (Å²) in [4.78, 5) is 13.6. The van der Waals surface area contributed by atoms with Gasteiger partial charge in [-0.3, -0.25) is 4.79 Å². The lowest BCUT2D eigenvalue weighted by molar-refractivity contribution is -0.130. The SMILES string of the molecule is COc1ccc(O)cc1CC(=O)N(C)C(C)C. The average Bonchev–Trinajstić information content (AvgIpc) is 2.28. The lowest BCUT2D eigenvalue weighted by Crippen LogP contribution is -2.34. The van der Waals surface area contributed by atoms with E-state index in [0.29, 0.717) is 11.3 Å². The van der Waals surface area contributed by atoms with Crippen molar-refractivity contribution in [3.63, 3.8) is 0 Å². The molecule has 0 unspecified atom stereocenters. The minimum absolute atomic E-state index is 0.00361. The summed E-state index contributed by atoms with van der Waals surface area (Å²) in [6, 6.07) is 4.92. The Labute approximate surface area is 102 Å². The van der Waals surface area contributed by atoms with E-state index in [1.165, 1.54) is 0 Å². The van der Waals surface area contributed by atoms with Crippen LogP contribution in [0.25, 0.3) is 0 Å². The van der Waals surface area contributed by atoms with Crippen molar-refractivity contribution >= 4 is 5.91 Å². The van der Waals surface area contributed by atoms with Gasteiger partial charge < -0.3 is 14.7 Å². The minimum Gasteiger partial charge on any atom is -0.508 e. The van der Waals surface area contributed by atoms with E-state index in [0.717, 1.165) is 0 Å². The van der Waals surface area contributed by atoms with Gasteiger partial charge in [0.15, 0.2) is 0 Å². The van der Waals surface area contributed by atoms with Crippen LogP contribution >= 0.6 is 0 Å². The number of phenolic OH excluding ortho intramolecular Hbond substituents is 1. The van der Waals surface area contributed by atoms with E-state index < -0.39 is 0 Å². The van der Waals surface area contributed by atoms with Crippen LogP contribution in [0.4, 0.5) is 0 Å². The Morgan fingerprint density at radius 3 is 2.65 bits per heavy atom.